The molecule has 1 unspecified atom stereocenters. The number of carbonyl (C=O) groups is 1. The van der Waals surface area contributed by atoms with Crippen molar-refractivity contribution in [2.45, 2.75) is 19.6 Å². The Hall–Kier alpha value is -2.28. The minimum absolute atomic E-state index is 0.0956. The molecule has 1 atom stereocenters. The van der Waals surface area contributed by atoms with E-state index < -0.39 is 12.1 Å². The molecule has 0 aliphatic rings. The van der Waals surface area contributed by atoms with E-state index in [1.165, 1.54) is 31.2 Å². The molecule has 1 aromatic carbocycles. The number of ether oxygens (including phenoxy) is 1. The molecule has 0 aliphatic heterocycles. The first-order valence-corrected chi connectivity index (χ1v) is 5.49. The van der Waals surface area contributed by atoms with E-state index in [2.05, 4.69) is 10.1 Å². The van der Waals surface area contributed by atoms with Crippen LogP contribution >= 0.6 is 0 Å². The van der Waals surface area contributed by atoms with Gasteiger partial charge in [0.15, 0.2) is 6.10 Å². The van der Waals surface area contributed by atoms with Gasteiger partial charge in [-0.25, -0.2) is 9.18 Å². The summed E-state index contributed by atoms with van der Waals surface area (Å²) in [7, 11) is 0. The monoisotopic (exact) mass is 266 g/mol. The Kier molecular flexibility index (Phi) is 3.86. The predicted molar refractivity (Wildman–Crippen MR) is 61.6 cm³/mol. The number of benzene rings is 1. The fourth-order valence-corrected chi connectivity index (χ4v) is 1.30. The predicted octanol–water partition coefficient (Wildman–Crippen LogP) is 1.87. The zero-order chi connectivity index (χ0) is 13.8. The molecule has 0 fully saturated rings. The van der Waals surface area contributed by atoms with Crippen molar-refractivity contribution in [3.8, 4) is 11.4 Å². The van der Waals surface area contributed by atoms with Crippen LogP contribution in [0.4, 0.5) is 4.39 Å². The van der Waals surface area contributed by atoms with Crippen LogP contribution in [0, 0.1) is 5.82 Å². The van der Waals surface area contributed by atoms with Gasteiger partial charge in [-0.2, -0.15) is 4.98 Å². The van der Waals surface area contributed by atoms with E-state index in [0.29, 0.717) is 11.4 Å². The maximum absolute atomic E-state index is 12.8. The van der Waals surface area contributed by atoms with Gasteiger partial charge in [-0.05, 0) is 31.2 Å². The number of halogens is 1. The highest BCUT2D eigenvalue weighted by Crippen LogP contribution is 2.16. The first-order valence-electron chi connectivity index (χ1n) is 5.49. The third kappa shape index (κ3) is 3.35. The Balaban J connectivity index is 2.03. The smallest absolute Gasteiger partial charge is 0.332 e. The molecule has 19 heavy (non-hydrogen) atoms. The van der Waals surface area contributed by atoms with Gasteiger partial charge in [0.2, 0.25) is 5.82 Å². The van der Waals surface area contributed by atoms with Crippen LogP contribution in [0.1, 0.15) is 12.8 Å². The van der Waals surface area contributed by atoms with Crippen LogP contribution < -0.4 is 0 Å². The lowest BCUT2D eigenvalue weighted by atomic mass is 10.2. The first kappa shape index (κ1) is 13.2. The fourth-order valence-electron chi connectivity index (χ4n) is 1.30. The number of carboxylic acids is 1. The molecule has 6 nitrogen and oxygen atoms in total. The quantitative estimate of drug-likeness (QED) is 0.889. The number of carboxylic acid groups (broad SMARTS) is 1. The number of nitrogens with zero attached hydrogens (tertiary/aromatic N) is 2. The maximum Gasteiger partial charge on any atom is 0.332 e. The molecule has 0 saturated carbocycles. The number of hydrogen-bond acceptors (Lipinski definition) is 5. The van der Waals surface area contributed by atoms with Crippen molar-refractivity contribution in [3.05, 3.63) is 36.0 Å². The minimum Gasteiger partial charge on any atom is -0.479 e. The summed E-state index contributed by atoms with van der Waals surface area (Å²) in [6.07, 6.45) is -0.957. The van der Waals surface area contributed by atoms with E-state index in [-0.39, 0.29) is 18.3 Å². The van der Waals surface area contributed by atoms with Crippen molar-refractivity contribution in [1.82, 2.24) is 10.1 Å². The van der Waals surface area contributed by atoms with Gasteiger partial charge in [0, 0.05) is 5.56 Å². The molecule has 0 aliphatic carbocycles. The Morgan fingerprint density at radius 1 is 1.47 bits per heavy atom. The third-order valence-electron chi connectivity index (χ3n) is 2.38. The molecule has 0 bridgehead atoms. The average molecular weight is 266 g/mol. The molecule has 0 spiro atoms. The van der Waals surface area contributed by atoms with Gasteiger partial charge in [0.05, 0.1) is 0 Å². The average Bonchev–Trinajstić information content (AvgIpc) is 2.85. The second-order valence-corrected chi connectivity index (χ2v) is 3.81. The first-order chi connectivity index (χ1) is 9.06. The van der Waals surface area contributed by atoms with Crippen LogP contribution in [0.5, 0.6) is 0 Å². The number of aliphatic carboxylic acids is 1. The molecular weight excluding hydrogens is 255 g/mol. The van der Waals surface area contributed by atoms with Crippen LogP contribution in [0.15, 0.2) is 28.8 Å². The zero-order valence-electron chi connectivity index (χ0n) is 10.0. The summed E-state index contributed by atoms with van der Waals surface area (Å²) in [5, 5.41) is 12.3. The van der Waals surface area contributed by atoms with Gasteiger partial charge in [0.1, 0.15) is 12.4 Å². The number of hydrogen-bond donors (Lipinski definition) is 1. The molecule has 2 aromatic rings. The van der Waals surface area contributed by atoms with Gasteiger partial charge in [-0.1, -0.05) is 5.16 Å². The van der Waals surface area contributed by atoms with Gasteiger partial charge in [-0.3, -0.25) is 0 Å². The van der Waals surface area contributed by atoms with Crippen LogP contribution in [-0.4, -0.2) is 27.3 Å². The molecule has 1 heterocycles. The minimum atomic E-state index is -1.07. The third-order valence-corrected chi connectivity index (χ3v) is 2.38. The molecule has 7 heteroatoms. The van der Waals surface area contributed by atoms with E-state index in [4.69, 9.17) is 14.4 Å². The highest BCUT2D eigenvalue weighted by Gasteiger charge is 2.14. The molecule has 2 rings (SSSR count). The largest absolute Gasteiger partial charge is 0.479 e. The summed E-state index contributed by atoms with van der Waals surface area (Å²) in [6.45, 7) is 1.31. The Morgan fingerprint density at radius 2 is 2.16 bits per heavy atom. The van der Waals surface area contributed by atoms with Crippen molar-refractivity contribution in [2.75, 3.05) is 0 Å². The van der Waals surface area contributed by atoms with Gasteiger partial charge >= 0.3 is 5.97 Å². The summed E-state index contributed by atoms with van der Waals surface area (Å²) >= 11 is 0. The van der Waals surface area contributed by atoms with Crippen LogP contribution in [0.25, 0.3) is 11.4 Å². The molecule has 0 saturated heterocycles. The SMILES string of the molecule is CC(OCc1nc(-c2ccc(F)cc2)no1)C(=O)O. The fraction of sp³-hybridized carbons (Fsp3) is 0.250. The standard InChI is InChI=1S/C12H11FN2O4/c1-7(12(16)17)18-6-10-14-11(15-19-10)8-2-4-9(13)5-3-8/h2-5,7H,6H2,1H3,(H,16,17). The van der Waals surface area contributed by atoms with Crippen LogP contribution in [0.2, 0.25) is 0 Å². The summed E-state index contributed by atoms with van der Waals surface area (Å²) in [6, 6.07) is 5.61. The molecule has 0 amide bonds. The van der Waals surface area contributed by atoms with Crippen LogP contribution in [0.3, 0.4) is 0 Å². The molecule has 1 aromatic heterocycles. The number of rotatable bonds is 5. The highest BCUT2D eigenvalue weighted by atomic mass is 19.1. The van der Waals surface area contributed by atoms with Gasteiger partial charge in [-0.15, -0.1) is 0 Å². The van der Waals surface area contributed by atoms with Crippen molar-refractivity contribution >= 4 is 5.97 Å². The lowest BCUT2D eigenvalue weighted by Crippen LogP contribution is -2.19. The Labute approximate surface area is 107 Å². The maximum atomic E-state index is 12.8. The molecule has 0 radical (unpaired) electrons. The lowest BCUT2D eigenvalue weighted by molar-refractivity contribution is -0.150. The van der Waals surface area contributed by atoms with E-state index >= 15 is 0 Å². The van der Waals surface area contributed by atoms with Crippen molar-refractivity contribution in [3.63, 3.8) is 0 Å². The summed E-state index contributed by atoms with van der Waals surface area (Å²) in [5.74, 6) is -0.974. The Bertz CT molecular complexity index is 567. The van der Waals surface area contributed by atoms with Crippen molar-refractivity contribution < 1.29 is 23.6 Å². The van der Waals surface area contributed by atoms with Crippen molar-refractivity contribution in [2.24, 2.45) is 0 Å². The van der Waals surface area contributed by atoms with Crippen LogP contribution in [-0.2, 0) is 16.1 Å². The van der Waals surface area contributed by atoms with Gasteiger partial charge in [0.25, 0.3) is 5.89 Å². The normalized spacial score (nSPS) is 12.3. The number of aromatic nitrogens is 2. The topological polar surface area (TPSA) is 85.5 Å². The van der Waals surface area contributed by atoms with E-state index in [9.17, 15) is 9.18 Å². The molecular formula is C12H11FN2O4. The molecule has 1 N–H and O–H groups in total. The molecule has 100 valence electrons. The second-order valence-electron chi connectivity index (χ2n) is 3.81. The van der Waals surface area contributed by atoms with Gasteiger partial charge < -0.3 is 14.4 Å². The summed E-state index contributed by atoms with van der Waals surface area (Å²) in [5.41, 5.74) is 0.600. The highest BCUT2D eigenvalue weighted by molar-refractivity contribution is 5.71. The second kappa shape index (κ2) is 5.57. The lowest BCUT2D eigenvalue weighted by Gasteiger charge is -2.04. The summed E-state index contributed by atoms with van der Waals surface area (Å²) < 4.78 is 22.7. The zero-order valence-corrected chi connectivity index (χ0v) is 10.0. The van der Waals surface area contributed by atoms with E-state index in [0.717, 1.165) is 0 Å². The van der Waals surface area contributed by atoms with E-state index in [1.54, 1.807) is 0 Å². The van der Waals surface area contributed by atoms with E-state index in [1.807, 2.05) is 0 Å². The summed E-state index contributed by atoms with van der Waals surface area (Å²) in [4.78, 5) is 14.6. The Morgan fingerprint density at radius 3 is 2.79 bits per heavy atom. The van der Waals surface area contributed by atoms with Crippen molar-refractivity contribution in [1.29, 1.82) is 0 Å².